The fraction of sp³-hybridized carbons (Fsp3) is 0.286. The normalized spacial score (nSPS) is 10.7. The Kier molecular flexibility index (Phi) is 6.33. The minimum Gasteiger partial charge on any atom is -0.497 e. The summed E-state index contributed by atoms with van der Waals surface area (Å²) in [5.41, 5.74) is 3.01. The standard InChI is InChI=1S/C21H25N3O3/c1-26-14-13-24-15-19(18-5-3-4-6-20(18)24)23-21(25)22-12-11-16-7-9-17(27-2)10-8-16/h3-10,15H,11-14H2,1-2H3,(H2,22,23,25). The van der Waals surface area contributed by atoms with Crippen LogP contribution in [0.25, 0.3) is 10.9 Å². The van der Waals surface area contributed by atoms with Gasteiger partial charge in [-0.1, -0.05) is 30.3 Å². The molecule has 142 valence electrons. The summed E-state index contributed by atoms with van der Waals surface area (Å²) < 4.78 is 12.4. The molecular formula is C21H25N3O3. The van der Waals surface area contributed by atoms with Crippen LogP contribution in [0.5, 0.6) is 5.75 Å². The maximum absolute atomic E-state index is 12.3. The lowest BCUT2D eigenvalue weighted by atomic mass is 10.1. The van der Waals surface area contributed by atoms with Crippen LogP contribution in [-0.2, 0) is 17.7 Å². The molecule has 0 aliphatic heterocycles. The Morgan fingerprint density at radius 3 is 2.59 bits per heavy atom. The number of hydrogen-bond donors (Lipinski definition) is 2. The van der Waals surface area contributed by atoms with Crippen molar-refractivity contribution in [3.8, 4) is 5.75 Å². The Morgan fingerprint density at radius 1 is 1.07 bits per heavy atom. The highest BCUT2D eigenvalue weighted by Crippen LogP contribution is 2.25. The summed E-state index contributed by atoms with van der Waals surface area (Å²) in [6, 6.07) is 15.6. The molecule has 2 N–H and O–H groups in total. The van der Waals surface area contributed by atoms with Crippen LogP contribution in [0.1, 0.15) is 5.56 Å². The maximum atomic E-state index is 12.3. The van der Waals surface area contributed by atoms with E-state index >= 15 is 0 Å². The number of para-hydroxylation sites is 1. The summed E-state index contributed by atoms with van der Waals surface area (Å²) >= 11 is 0. The second-order valence-electron chi connectivity index (χ2n) is 6.23. The van der Waals surface area contributed by atoms with Gasteiger partial charge in [-0.05, 0) is 30.2 Å². The topological polar surface area (TPSA) is 64.5 Å². The summed E-state index contributed by atoms with van der Waals surface area (Å²) in [4.78, 5) is 12.3. The van der Waals surface area contributed by atoms with E-state index in [4.69, 9.17) is 9.47 Å². The highest BCUT2D eigenvalue weighted by atomic mass is 16.5. The van der Waals surface area contributed by atoms with E-state index < -0.39 is 0 Å². The monoisotopic (exact) mass is 367 g/mol. The molecular weight excluding hydrogens is 342 g/mol. The highest BCUT2D eigenvalue weighted by molar-refractivity contribution is 6.01. The lowest BCUT2D eigenvalue weighted by molar-refractivity contribution is 0.188. The molecule has 0 radical (unpaired) electrons. The molecule has 0 fully saturated rings. The number of fused-ring (bicyclic) bond motifs is 1. The Balaban J connectivity index is 1.58. The van der Waals surface area contributed by atoms with Crippen LogP contribution in [0.2, 0.25) is 0 Å². The molecule has 0 bridgehead atoms. The molecule has 0 unspecified atom stereocenters. The number of carbonyl (C=O) groups excluding carboxylic acids is 1. The van der Waals surface area contributed by atoms with Crippen LogP contribution in [0.3, 0.4) is 0 Å². The molecule has 27 heavy (non-hydrogen) atoms. The molecule has 6 heteroatoms. The van der Waals surface area contributed by atoms with Crippen LogP contribution < -0.4 is 15.4 Å². The number of hydrogen-bond acceptors (Lipinski definition) is 3. The average molecular weight is 367 g/mol. The first-order valence-electron chi connectivity index (χ1n) is 8.96. The lowest BCUT2D eigenvalue weighted by Gasteiger charge is -2.07. The van der Waals surface area contributed by atoms with Gasteiger partial charge in [-0.25, -0.2) is 4.79 Å². The zero-order chi connectivity index (χ0) is 19.1. The van der Waals surface area contributed by atoms with Crippen LogP contribution in [0, 0.1) is 0 Å². The van der Waals surface area contributed by atoms with Crippen molar-refractivity contribution >= 4 is 22.6 Å². The molecule has 2 aromatic carbocycles. The minimum atomic E-state index is -0.210. The molecule has 0 aliphatic rings. The van der Waals surface area contributed by atoms with Gasteiger partial charge in [0.05, 0.1) is 24.9 Å². The van der Waals surface area contributed by atoms with Gasteiger partial charge in [0, 0.05) is 31.8 Å². The van der Waals surface area contributed by atoms with E-state index in [1.807, 2.05) is 54.7 Å². The summed E-state index contributed by atoms with van der Waals surface area (Å²) in [6.45, 7) is 1.91. The van der Waals surface area contributed by atoms with Crippen LogP contribution >= 0.6 is 0 Å². The first kappa shape index (κ1) is 18.8. The number of urea groups is 1. The molecule has 0 saturated heterocycles. The largest absolute Gasteiger partial charge is 0.497 e. The van der Waals surface area contributed by atoms with E-state index in [2.05, 4.69) is 15.2 Å². The van der Waals surface area contributed by atoms with E-state index in [1.165, 1.54) is 0 Å². The van der Waals surface area contributed by atoms with Gasteiger partial charge in [0.25, 0.3) is 0 Å². The van der Waals surface area contributed by atoms with Crippen molar-refractivity contribution in [2.75, 3.05) is 32.7 Å². The molecule has 6 nitrogen and oxygen atoms in total. The molecule has 1 heterocycles. The number of aromatic nitrogens is 1. The summed E-state index contributed by atoms with van der Waals surface area (Å²) in [5, 5.41) is 6.88. The number of nitrogens with zero attached hydrogens (tertiary/aromatic N) is 1. The quantitative estimate of drug-likeness (QED) is 0.639. The van der Waals surface area contributed by atoms with E-state index in [0.29, 0.717) is 13.2 Å². The summed E-state index contributed by atoms with van der Waals surface area (Å²) in [5.74, 6) is 0.828. The second kappa shape index (κ2) is 9.09. The van der Waals surface area contributed by atoms with E-state index in [9.17, 15) is 4.79 Å². The SMILES string of the molecule is COCCn1cc(NC(=O)NCCc2ccc(OC)cc2)c2ccccc21. The third-order valence-corrected chi connectivity index (χ3v) is 4.43. The number of anilines is 1. The summed E-state index contributed by atoms with van der Waals surface area (Å²) in [7, 11) is 3.33. The van der Waals surface area contributed by atoms with Crippen molar-refractivity contribution < 1.29 is 14.3 Å². The van der Waals surface area contributed by atoms with Gasteiger partial charge in [-0.2, -0.15) is 0 Å². The zero-order valence-electron chi connectivity index (χ0n) is 15.7. The second-order valence-corrected chi connectivity index (χ2v) is 6.23. The number of benzene rings is 2. The number of methoxy groups -OCH3 is 2. The van der Waals surface area contributed by atoms with Crippen LogP contribution in [-0.4, -0.2) is 38.0 Å². The fourth-order valence-corrected chi connectivity index (χ4v) is 3.00. The van der Waals surface area contributed by atoms with Gasteiger partial charge < -0.3 is 24.7 Å². The van der Waals surface area contributed by atoms with Gasteiger partial charge in [0.2, 0.25) is 0 Å². The van der Waals surface area contributed by atoms with Crippen LogP contribution in [0.15, 0.2) is 54.7 Å². The van der Waals surface area contributed by atoms with Crippen molar-refractivity contribution in [1.82, 2.24) is 9.88 Å². The number of ether oxygens (including phenoxy) is 2. The lowest BCUT2D eigenvalue weighted by Crippen LogP contribution is -2.30. The molecule has 0 atom stereocenters. The van der Waals surface area contributed by atoms with Crippen molar-refractivity contribution in [1.29, 1.82) is 0 Å². The zero-order valence-corrected chi connectivity index (χ0v) is 15.7. The van der Waals surface area contributed by atoms with Gasteiger partial charge in [0.15, 0.2) is 0 Å². The maximum Gasteiger partial charge on any atom is 0.319 e. The highest BCUT2D eigenvalue weighted by Gasteiger charge is 2.10. The number of nitrogens with one attached hydrogen (secondary N) is 2. The number of rotatable bonds is 8. The van der Waals surface area contributed by atoms with E-state index in [0.717, 1.165) is 40.9 Å². The Morgan fingerprint density at radius 2 is 1.85 bits per heavy atom. The Bertz CT molecular complexity index is 887. The smallest absolute Gasteiger partial charge is 0.319 e. The molecule has 0 saturated carbocycles. The first-order chi connectivity index (χ1) is 13.2. The summed E-state index contributed by atoms with van der Waals surface area (Å²) in [6.07, 6.45) is 2.71. The Labute approximate surface area is 159 Å². The molecule has 3 rings (SSSR count). The van der Waals surface area contributed by atoms with Crippen molar-refractivity contribution in [2.24, 2.45) is 0 Å². The van der Waals surface area contributed by atoms with Crippen LogP contribution in [0.4, 0.5) is 10.5 Å². The molecule has 0 spiro atoms. The minimum absolute atomic E-state index is 0.210. The van der Waals surface area contributed by atoms with E-state index in [-0.39, 0.29) is 6.03 Å². The predicted octanol–water partition coefficient (Wildman–Crippen LogP) is 3.66. The van der Waals surface area contributed by atoms with Gasteiger partial charge in [0.1, 0.15) is 5.75 Å². The molecule has 0 aliphatic carbocycles. The number of amides is 2. The van der Waals surface area contributed by atoms with Crippen molar-refractivity contribution in [3.63, 3.8) is 0 Å². The third kappa shape index (κ3) is 4.80. The first-order valence-corrected chi connectivity index (χ1v) is 8.96. The molecule has 2 amide bonds. The van der Waals surface area contributed by atoms with Crippen molar-refractivity contribution in [3.05, 3.63) is 60.3 Å². The van der Waals surface area contributed by atoms with Gasteiger partial charge >= 0.3 is 6.03 Å². The van der Waals surface area contributed by atoms with Crippen molar-refractivity contribution in [2.45, 2.75) is 13.0 Å². The molecule has 3 aromatic rings. The van der Waals surface area contributed by atoms with Gasteiger partial charge in [-0.15, -0.1) is 0 Å². The number of carbonyl (C=O) groups is 1. The fourth-order valence-electron chi connectivity index (χ4n) is 3.00. The average Bonchev–Trinajstić information content (AvgIpc) is 3.04. The van der Waals surface area contributed by atoms with Gasteiger partial charge in [-0.3, -0.25) is 0 Å². The Hall–Kier alpha value is -2.99. The van der Waals surface area contributed by atoms with E-state index in [1.54, 1.807) is 14.2 Å². The molecule has 1 aromatic heterocycles. The predicted molar refractivity (Wildman–Crippen MR) is 108 cm³/mol. The third-order valence-electron chi connectivity index (χ3n) is 4.43.